The third-order valence-electron chi connectivity index (χ3n) is 5.20. The number of hydrogen-bond acceptors (Lipinski definition) is 4. The van der Waals surface area contributed by atoms with Gasteiger partial charge >= 0.3 is 0 Å². The lowest BCUT2D eigenvalue weighted by atomic mass is 9.67. The van der Waals surface area contributed by atoms with Crippen LogP contribution in [0.15, 0.2) is 24.3 Å². The number of nitrogens with zero attached hydrogens (tertiary/aromatic N) is 2. The molecule has 2 atom stereocenters. The van der Waals surface area contributed by atoms with Gasteiger partial charge in [-0.05, 0) is 30.4 Å². The van der Waals surface area contributed by atoms with E-state index < -0.39 is 0 Å². The topological polar surface area (TPSA) is 66.6 Å². The second kappa shape index (κ2) is 4.64. The summed E-state index contributed by atoms with van der Waals surface area (Å²) < 4.78 is 0. The van der Waals surface area contributed by atoms with Crippen LogP contribution in [0.1, 0.15) is 27.1 Å². The maximum absolute atomic E-state index is 12.3. The Bertz CT molecular complexity index is 568. The molecule has 0 aromatic heterocycles. The molecule has 0 radical (unpaired) electrons. The molecule has 3 fully saturated rings. The number of carbonyl (C=O) groups is 2. The summed E-state index contributed by atoms with van der Waals surface area (Å²) in [5.74, 6) is 0.890. The van der Waals surface area contributed by atoms with Crippen LogP contribution in [0.5, 0.6) is 0 Å². The van der Waals surface area contributed by atoms with Gasteiger partial charge < -0.3 is 10.6 Å². The molecule has 2 amide bonds. The average molecular weight is 285 g/mol. The molecule has 2 bridgehead atoms. The number of piperidine rings is 2. The highest BCUT2D eigenvalue weighted by Crippen LogP contribution is 2.38. The summed E-state index contributed by atoms with van der Waals surface area (Å²) in [5.41, 5.74) is 7.13. The maximum atomic E-state index is 12.3. The number of benzene rings is 1. The van der Waals surface area contributed by atoms with E-state index >= 15 is 0 Å². The Morgan fingerprint density at radius 2 is 1.57 bits per heavy atom. The maximum Gasteiger partial charge on any atom is 0.261 e. The van der Waals surface area contributed by atoms with Crippen molar-refractivity contribution in [3.8, 4) is 0 Å². The van der Waals surface area contributed by atoms with Gasteiger partial charge in [0.2, 0.25) is 0 Å². The van der Waals surface area contributed by atoms with Crippen LogP contribution in [0.3, 0.4) is 0 Å². The summed E-state index contributed by atoms with van der Waals surface area (Å²) in [6.07, 6.45) is 1.24. The smallest absolute Gasteiger partial charge is 0.261 e. The zero-order chi connectivity index (χ0) is 14.6. The Balaban J connectivity index is 1.41. The van der Waals surface area contributed by atoms with Gasteiger partial charge in [0.25, 0.3) is 11.8 Å². The van der Waals surface area contributed by atoms with Crippen LogP contribution in [0.25, 0.3) is 0 Å². The van der Waals surface area contributed by atoms with Crippen molar-refractivity contribution in [3.63, 3.8) is 0 Å². The monoisotopic (exact) mass is 285 g/mol. The first kappa shape index (κ1) is 13.0. The van der Waals surface area contributed by atoms with Crippen LogP contribution < -0.4 is 5.73 Å². The molecule has 1 aromatic carbocycles. The van der Waals surface area contributed by atoms with Crippen molar-refractivity contribution in [2.75, 3.05) is 26.2 Å². The molecule has 1 aromatic rings. The van der Waals surface area contributed by atoms with Crippen LogP contribution in [0.2, 0.25) is 0 Å². The second-order valence-corrected chi connectivity index (χ2v) is 6.40. The summed E-state index contributed by atoms with van der Waals surface area (Å²) in [6, 6.07) is 7.41. The molecular formula is C16H19N3O2. The first-order chi connectivity index (χ1) is 10.1. The van der Waals surface area contributed by atoms with Crippen LogP contribution in [-0.2, 0) is 0 Å². The van der Waals surface area contributed by atoms with Crippen LogP contribution in [-0.4, -0.2) is 53.8 Å². The summed E-state index contributed by atoms with van der Waals surface area (Å²) in [7, 11) is 0. The van der Waals surface area contributed by atoms with E-state index in [2.05, 4.69) is 4.90 Å². The fourth-order valence-corrected chi connectivity index (χ4v) is 3.89. The number of amides is 2. The molecule has 2 N–H and O–H groups in total. The number of rotatable bonds is 3. The highest BCUT2D eigenvalue weighted by Gasteiger charge is 2.44. The molecule has 0 spiro atoms. The van der Waals surface area contributed by atoms with E-state index in [1.807, 2.05) is 0 Å². The Morgan fingerprint density at radius 1 is 1.00 bits per heavy atom. The fraction of sp³-hybridized carbons (Fsp3) is 0.500. The minimum absolute atomic E-state index is 0.158. The molecule has 2 saturated heterocycles. The number of nitrogens with two attached hydrogens (primary N) is 1. The van der Waals surface area contributed by atoms with Crippen molar-refractivity contribution in [2.24, 2.45) is 17.6 Å². The van der Waals surface area contributed by atoms with Crippen LogP contribution >= 0.6 is 0 Å². The predicted octanol–water partition coefficient (Wildman–Crippen LogP) is 0.562. The predicted molar refractivity (Wildman–Crippen MR) is 77.8 cm³/mol. The first-order valence-electron chi connectivity index (χ1n) is 7.58. The largest absolute Gasteiger partial charge is 0.327 e. The molecule has 5 nitrogen and oxygen atoms in total. The second-order valence-electron chi connectivity index (χ2n) is 6.40. The van der Waals surface area contributed by atoms with Crippen molar-refractivity contribution in [1.29, 1.82) is 0 Å². The Kier molecular flexibility index (Phi) is 2.87. The molecule has 4 aliphatic rings. The van der Waals surface area contributed by atoms with Gasteiger partial charge in [0, 0.05) is 32.2 Å². The molecular weight excluding hydrogens is 266 g/mol. The molecule has 5 heteroatoms. The van der Waals surface area contributed by atoms with Crippen molar-refractivity contribution in [1.82, 2.24) is 9.80 Å². The summed E-state index contributed by atoms with van der Waals surface area (Å²) in [4.78, 5) is 28.3. The highest BCUT2D eigenvalue weighted by atomic mass is 16.2. The Hall–Kier alpha value is -1.72. The number of hydrogen-bond donors (Lipinski definition) is 1. The first-order valence-corrected chi connectivity index (χ1v) is 7.58. The lowest BCUT2D eigenvalue weighted by Gasteiger charge is -2.52. The van der Waals surface area contributed by atoms with Crippen LogP contribution in [0.4, 0.5) is 0 Å². The summed E-state index contributed by atoms with van der Waals surface area (Å²) in [6.45, 7) is 3.23. The minimum atomic E-state index is -0.158. The van der Waals surface area contributed by atoms with Gasteiger partial charge in [-0.25, -0.2) is 0 Å². The Labute approximate surface area is 123 Å². The van der Waals surface area contributed by atoms with Crippen molar-refractivity contribution >= 4 is 11.8 Å². The lowest BCUT2D eigenvalue weighted by Crippen LogP contribution is -2.62. The van der Waals surface area contributed by atoms with Gasteiger partial charge in [-0.2, -0.15) is 0 Å². The van der Waals surface area contributed by atoms with E-state index in [1.165, 1.54) is 11.3 Å². The van der Waals surface area contributed by atoms with E-state index in [-0.39, 0.29) is 11.8 Å². The third kappa shape index (κ3) is 1.92. The molecule has 21 heavy (non-hydrogen) atoms. The van der Waals surface area contributed by atoms with E-state index in [4.69, 9.17) is 5.73 Å². The molecule has 110 valence electrons. The van der Waals surface area contributed by atoms with Crippen molar-refractivity contribution in [3.05, 3.63) is 35.4 Å². The lowest BCUT2D eigenvalue weighted by molar-refractivity contribution is 0.00000557. The number of imide groups is 1. The quantitative estimate of drug-likeness (QED) is 0.824. The molecule has 1 saturated carbocycles. The standard InChI is InChI=1S/C16H19N3O2/c17-14-10-7-11(14)9-18(8-10)5-6-19-15(20)12-3-1-2-4-13(12)16(19)21/h1-4,10-11,14H,5-9,17H2. The van der Waals surface area contributed by atoms with E-state index in [0.717, 1.165) is 19.6 Å². The Morgan fingerprint density at radius 3 is 2.10 bits per heavy atom. The van der Waals surface area contributed by atoms with Gasteiger partial charge in [-0.15, -0.1) is 0 Å². The van der Waals surface area contributed by atoms with E-state index in [9.17, 15) is 9.59 Å². The highest BCUT2D eigenvalue weighted by molar-refractivity contribution is 6.21. The normalized spacial score (nSPS) is 31.3. The van der Waals surface area contributed by atoms with E-state index in [1.54, 1.807) is 24.3 Å². The van der Waals surface area contributed by atoms with Crippen LogP contribution in [0, 0.1) is 11.8 Å². The fourth-order valence-electron chi connectivity index (χ4n) is 3.89. The third-order valence-corrected chi connectivity index (χ3v) is 5.20. The minimum Gasteiger partial charge on any atom is -0.327 e. The van der Waals surface area contributed by atoms with Gasteiger partial charge in [0.15, 0.2) is 0 Å². The molecule has 3 heterocycles. The summed E-state index contributed by atoms with van der Waals surface area (Å²) >= 11 is 0. The molecule has 2 unspecified atom stereocenters. The molecule has 3 aliphatic heterocycles. The van der Waals surface area contributed by atoms with Gasteiger partial charge in [-0.3, -0.25) is 14.5 Å². The van der Waals surface area contributed by atoms with Gasteiger partial charge in [0.05, 0.1) is 11.1 Å². The zero-order valence-corrected chi connectivity index (χ0v) is 11.9. The van der Waals surface area contributed by atoms with E-state index in [0.29, 0.717) is 35.5 Å². The zero-order valence-electron chi connectivity index (χ0n) is 11.9. The van der Waals surface area contributed by atoms with Crippen molar-refractivity contribution in [2.45, 2.75) is 12.5 Å². The number of fused-ring (bicyclic) bond motifs is 3. The van der Waals surface area contributed by atoms with Crippen molar-refractivity contribution < 1.29 is 9.59 Å². The van der Waals surface area contributed by atoms with Gasteiger partial charge in [-0.1, -0.05) is 12.1 Å². The molecule has 1 aliphatic carbocycles. The molecule has 5 rings (SSSR count). The SMILES string of the molecule is NC1C2CC1CN(CCN1C(=O)c3ccccc3C1=O)C2. The summed E-state index contributed by atoms with van der Waals surface area (Å²) in [5, 5.41) is 0. The number of carbonyl (C=O) groups excluding carboxylic acids is 2. The average Bonchev–Trinajstić information content (AvgIpc) is 2.77. The van der Waals surface area contributed by atoms with Gasteiger partial charge in [0.1, 0.15) is 0 Å².